The molecule has 0 bridgehead atoms. The highest BCUT2D eigenvalue weighted by atomic mass is 16.5. The van der Waals surface area contributed by atoms with E-state index >= 15 is 0 Å². The summed E-state index contributed by atoms with van der Waals surface area (Å²) in [5, 5.41) is 14.4. The van der Waals surface area contributed by atoms with E-state index in [1.54, 1.807) is 18.2 Å². The molecule has 0 aromatic heterocycles. The molecule has 0 aliphatic heterocycles. The van der Waals surface area contributed by atoms with E-state index in [-0.39, 0.29) is 18.3 Å². The van der Waals surface area contributed by atoms with Crippen molar-refractivity contribution in [1.29, 1.82) is 0 Å². The molecule has 0 fully saturated rings. The number of nitrogens with zero attached hydrogens (tertiary/aromatic N) is 1. The van der Waals surface area contributed by atoms with Gasteiger partial charge < -0.3 is 25.7 Å². The first-order valence-electron chi connectivity index (χ1n) is 6.37. The van der Waals surface area contributed by atoms with Crippen molar-refractivity contribution in [3.8, 4) is 5.75 Å². The Balaban J connectivity index is 2.98. The van der Waals surface area contributed by atoms with Crippen LogP contribution < -0.4 is 15.8 Å². The molecule has 0 saturated heterocycles. The van der Waals surface area contributed by atoms with Crippen molar-refractivity contribution < 1.29 is 19.5 Å². The summed E-state index contributed by atoms with van der Waals surface area (Å²) in [4.78, 5) is 12.0. The SMILES string of the molecule is COc1cccc(/C(N)=N/O)c1NC(=O)COC(C)(C)C. The van der Waals surface area contributed by atoms with Gasteiger partial charge in [0.15, 0.2) is 5.84 Å². The minimum absolute atomic E-state index is 0.114. The second kappa shape index (κ2) is 6.94. The first-order chi connectivity index (χ1) is 9.78. The third-order valence-electron chi connectivity index (χ3n) is 2.53. The summed E-state index contributed by atoms with van der Waals surface area (Å²) in [6.07, 6.45) is 0. The molecular weight excluding hydrogens is 274 g/mol. The first-order valence-corrected chi connectivity index (χ1v) is 6.37. The molecule has 0 aliphatic carbocycles. The number of hydrogen-bond donors (Lipinski definition) is 3. The minimum Gasteiger partial charge on any atom is -0.495 e. The van der Waals surface area contributed by atoms with Gasteiger partial charge >= 0.3 is 0 Å². The molecule has 0 atom stereocenters. The average molecular weight is 295 g/mol. The highest BCUT2D eigenvalue weighted by molar-refractivity contribution is 6.07. The van der Waals surface area contributed by atoms with E-state index in [2.05, 4.69) is 10.5 Å². The normalized spacial score (nSPS) is 12.1. The first kappa shape index (κ1) is 16.8. The quantitative estimate of drug-likeness (QED) is 0.331. The number of amidine groups is 1. The number of nitrogens with two attached hydrogens (primary N) is 1. The molecule has 1 amide bonds. The predicted octanol–water partition coefficient (Wildman–Crippen LogP) is 1.54. The van der Waals surface area contributed by atoms with Crippen LogP contribution in [-0.2, 0) is 9.53 Å². The highest BCUT2D eigenvalue weighted by Crippen LogP contribution is 2.28. The van der Waals surface area contributed by atoms with Crippen molar-refractivity contribution in [2.24, 2.45) is 10.9 Å². The van der Waals surface area contributed by atoms with Gasteiger partial charge in [-0.1, -0.05) is 11.2 Å². The molecular formula is C14H21N3O4. The molecule has 0 aliphatic rings. The van der Waals surface area contributed by atoms with Crippen LogP contribution in [-0.4, -0.2) is 36.3 Å². The van der Waals surface area contributed by atoms with Crippen molar-refractivity contribution in [3.63, 3.8) is 0 Å². The lowest BCUT2D eigenvalue weighted by Crippen LogP contribution is -2.28. The average Bonchev–Trinajstić information content (AvgIpc) is 2.43. The number of oxime groups is 1. The number of ether oxygens (including phenoxy) is 2. The summed E-state index contributed by atoms with van der Waals surface area (Å²) in [7, 11) is 1.46. The fraction of sp³-hybridized carbons (Fsp3) is 0.429. The van der Waals surface area contributed by atoms with Gasteiger partial charge in [-0.2, -0.15) is 0 Å². The maximum atomic E-state index is 12.0. The van der Waals surface area contributed by atoms with Gasteiger partial charge in [-0.25, -0.2) is 0 Å². The smallest absolute Gasteiger partial charge is 0.250 e. The van der Waals surface area contributed by atoms with E-state index in [1.165, 1.54) is 7.11 Å². The topological polar surface area (TPSA) is 106 Å². The zero-order chi connectivity index (χ0) is 16.0. The largest absolute Gasteiger partial charge is 0.495 e. The van der Waals surface area contributed by atoms with Crippen molar-refractivity contribution in [1.82, 2.24) is 0 Å². The Labute approximate surface area is 123 Å². The molecule has 21 heavy (non-hydrogen) atoms. The molecule has 0 heterocycles. The fourth-order valence-electron chi connectivity index (χ4n) is 1.56. The summed E-state index contributed by atoms with van der Waals surface area (Å²) < 4.78 is 10.6. The molecule has 116 valence electrons. The zero-order valence-corrected chi connectivity index (χ0v) is 12.6. The van der Waals surface area contributed by atoms with Gasteiger partial charge in [0.25, 0.3) is 5.91 Å². The second-order valence-corrected chi connectivity index (χ2v) is 5.32. The summed E-state index contributed by atoms with van der Waals surface area (Å²) in [5.74, 6) is -0.0782. The van der Waals surface area contributed by atoms with E-state index in [0.29, 0.717) is 17.0 Å². The Bertz CT molecular complexity index is 536. The monoisotopic (exact) mass is 295 g/mol. The van der Waals surface area contributed by atoms with E-state index in [1.807, 2.05) is 20.8 Å². The fourth-order valence-corrected chi connectivity index (χ4v) is 1.56. The maximum Gasteiger partial charge on any atom is 0.250 e. The molecule has 0 spiro atoms. The van der Waals surface area contributed by atoms with E-state index in [9.17, 15) is 4.79 Å². The lowest BCUT2D eigenvalue weighted by atomic mass is 10.1. The molecule has 7 nitrogen and oxygen atoms in total. The van der Waals surface area contributed by atoms with Gasteiger partial charge in [-0.05, 0) is 32.9 Å². The van der Waals surface area contributed by atoms with Gasteiger partial charge in [0.05, 0.1) is 18.4 Å². The number of hydrogen-bond acceptors (Lipinski definition) is 5. The second-order valence-electron chi connectivity index (χ2n) is 5.32. The number of amides is 1. The molecule has 7 heteroatoms. The number of rotatable bonds is 5. The van der Waals surface area contributed by atoms with Crippen LogP contribution in [0.5, 0.6) is 5.75 Å². The molecule has 4 N–H and O–H groups in total. The number of anilines is 1. The molecule has 1 aromatic rings. The van der Waals surface area contributed by atoms with Crippen LogP contribution in [0.1, 0.15) is 26.3 Å². The highest BCUT2D eigenvalue weighted by Gasteiger charge is 2.17. The third-order valence-corrected chi connectivity index (χ3v) is 2.53. The van der Waals surface area contributed by atoms with Crippen LogP contribution in [0.4, 0.5) is 5.69 Å². The summed E-state index contributed by atoms with van der Waals surface area (Å²) in [6, 6.07) is 4.94. The van der Waals surface area contributed by atoms with Crippen molar-refractivity contribution in [3.05, 3.63) is 23.8 Å². The number of carbonyl (C=O) groups is 1. The molecule has 1 aromatic carbocycles. The Morgan fingerprint density at radius 1 is 1.43 bits per heavy atom. The van der Waals surface area contributed by atoms with Crippen LogP contribution in [0, 0.1) is 0 Å². The van der Waals surface area contributed by atoms with Crippen molar-refractivity contribution >= 4 is 17.4 Å². The van der Waals surface area contributed by atoms with Crippen LogP contribution in [0.2, 0.25) is 0 Å². The number of nitrogens with one attached hydrogen (secondary N) is 1. The Kier molecular flexibility index (Phi) is 5.54. The molecule has 0 unspecified atom stereocenters. The number of carbonyl (C=O) groups excluding carboxylic acids is 1. The van der Waals surface area contributed by atoms with Gasteiger partial charge in [-0.15, -0.1) is 0 Å². The Morgan fingerprint density at radius 2 is 2.10 bits per heavy atom. The lowest BCUT2D eigenvalue weighted by Gasteiger charge is -2.20. The zero-order valence-electron chi connectivity index (χ0n) is 12.6. The molecule has 1 rings (SSSR count). The standard InChI is InChI=1S/C14H21N3O4/c1-14(2,3)21-8-11(18)16-12-9(13(15)17-19)6-5-7-10(12)20-4/h5-7,19H,8H2,1-4H3,(H2,15,17)(H,16,18). The number of para-hydroxylation sites is 1. The third kappa shape index (κ3) is 4.96. The maximum absolute atomic E-state index is 12.0. The molecule has 0 radical (unpaired) electrons. The van der Waals surface area contributed by atoms with E-state index in [4.69, 9.17) is 20.4 Å². The van der Waals surface area contributed by atoms with E-state index < -0.39 is 5.60 Å². The molecule has 0 saturated carbocycles. The van der Waals surface area contributed by atoms with Crippen LogP contribution in [0.25, 0.3) is 0 Å². The Hall–Kier alpha value is -2.28. The summed E-state index contributed by atoms with van der Waals surface area (Å²) in [5.41, 5.74) is 5.87. The van der Waals surface area contributed by atoms with E-state index in [0.717, 1.165) is 0 Å². The van der Waals surface area contributed by atoms with Crippen molar-refractivity contribution in [2.75, 3.05) is 19.0 Å². The van der Waals surface area contributed by atoms with Crippen LogP contribution in [0.15, 0.2) is 23.4 Å². The van der Waals surface area contributed by atoms with Gasteiger partial charge in [0.1, 0.15) is 12.4 Å². The van der Waals surface area contributed by atoms with Gasteiger partial charge in [-0.3, -0.25) is 4.79 Å². The predicted molar refractivity (Wildman–Crippen MR) is 79.8 cm³/mol. The Morgan fingerprint density at radius 3 is 2.62 bits per heavy atom. The minimum atomic E-state index is -0.424. The van der Waals surface area contributed by atoms with Crippen LogP contribution >= 0.6 is 0 Å². The van der Waals surface area contributed by atoms with Gasteiger partial charge in [0, 0.05) is 5.56 Å². The number of methoxy groups -OCH3 is 1. The lowest BCUT2D eigenvalue weighted by molar-refractivity contribution is -0.125. The van der Waals surface area contributed by atoms with Gasteiger partial charge in [0.2, 0.25) is 0 Å². The van der Waals surface area contributed by atoms with Crippen LogP contribution in [0.3, 0.4) is 0 Å². The summed E-state index contributed by atoms with van der Waals surface area (Å²) in [6.45, 7) is 5.44. The number of benzene rings is 1. The van der Waals surface area contributed by atoms with Crippen molar-refractivity contribution in [2.45, 2.75) is 26.4 Å². The summed E-state index contributed by atoms with van der Waals surface area (Å²) >= 11 is 0.